The Morgan fingerprint density at radius 1 is 1.07 bits per heavy atom. The number of carbonyl (C=O) groups is 1. The van der Waals surface area contributed by atoms with Crippen LogP contribution < -0.4 is 5.32 Å². The van der Waals surface area contributed by atoms with E-state index in [9.17, 15) is 9.18 Å². The summed E-state index contributed by atoms with van der Waals surface area (Å²) in [5.74, 6) is 1.17. The van der Waals surface area contributed by atoms with E-state index in [1.165, 1.54) is 17.7 Å². The normalized spacial score (nSPS) is 10.9. The number of nitrogens with zero attached hydrogens (tertiary/aromatic N) is 1. The highest BCUT2D eigenvalue weighted by Gasteiger charge is 2.12. The van der Waals surface area contributed by atoms with Crippen molar-refractivity contribution in [2.45, 2.75) is 37.9 Å². The zero-order valence-corrected chi connectivity index (χ0v) is 18.0. The molecular weight excluding hydrogens is 435 g/mol. The molecule has 1 amide bonds. The van der Waals surface area contributed by atoms with Crippen LogP contribution in [0.5, 0.6) is 0 Å². The summed E-state index contributed by atoms with van der Waals surface area (Å²) < 4.78 is 18.7. The standard InChI is InChI=1S/C23H24BrFN2O2/c1-16-21(27-23(29-16)19-9-5-18(15-24)6-10-19)3-2-4-22(28)26-14-13-17-7-11-20(25)12-8-17/h5-12H,2-4,13-15H2,1H3,(H,26,28). The van der Waals surface area contributed by atoms with Crippen LogP contribution in [-0.2, 0) is 23.0 Å². The Morgan fingerprint density at radius 3 is 2.45 bits per heavy atom. The Kier molecular flexibility index (Phi) is 7.58. The highest BCUT2D eigenvalue weighted by molar-refractivity contribution is 9.08. The molecular formula is C23H24BrFN2O2. The van der Waals surface area contributed by atoms with Crippen molar-refractivity contribution in [2.24, 2.45) is 0 Å². The van der Waals surface area contributed by atoms with Crippen LogP contribution in [0.2, 0.25) is 0 Å². The van der Waals surface area contributed by atoms with Crippen LogP contribution in [0.1, 0.15) is 35.4 Å². The van der Waals surface area contributed by atoms with Crippen LogP contribution in [0.4, 0.5) is 4.39 Å². The summed E-state index contributed by atoms with van der Waals surface area (Å²) >= 11 is 3.44. The second-order valence-electron chi connectivity index (χ2n) is 6.93. The first-order chi connectivity index (χ1) is 14.0. The lowest BCUT2D eigenvalue weighted by atomic mass is 10.1. The van der Waals surface area contributed by atoms with Crippen molar-refractivity contribution < 1.29 is 13.6 Å². The number of hydrogen-bond acceptors (Lipinski definition) is 3. The van der Waals surface area contributed by atoms with Gasteiger partial charge in [-0.05, 0) is 61.6 Å². The van der Waals surface area contributed by atoms with Crippen molar-refractivity contribution in [3.63, 3.8) is 0 Å². The van der Waals surface area contributed by atoms with E-state index in [1.54, 1.807) is 12.1 Å². The molecule has 0 saturated carbocycles. The number of alkyl halides is 1. The largest absolute Gasteiger partial charge is 0.441 e. The third-order valence-corrected chi connectivity index (χ3v) is 5.36. The molecule has 1 aromatic heterocycles. The number of rotatable bonds is 9. The number of amides is 1. The van der Waals surface area contributed by atoms with Gasteiger partial charge in [0.1, 0.15) is 11.6 Å². The molecule has 0 aliphatic heterocycles. The van der Waals surface area contributed by atoms with Crippen molar-refractivity contribution >= 4 is 21.8 Å². The lowest BCUT2D eigenvalue weighted by Crippen LogP contribution is -2.25. The minimum Gasteiger partial charge on any atom is -0.441 e. The quantitative estimate of drug-likeness (QED) is 0.438. The molecule has 0 fully saturated rings. The molecule has 3 rings (SSSR count). The van der Waals surface area contributed by atoms with Gasteiger partial charge < -0.3 is 9.73 Å². The Morgan fingerprint density at radius 2 is 1.76 bits per heavy atom. The van der Waals surface area contributed by atoms with Gasteiger partial charge in [0, 0.05) is 23.9 Å². The first-order valence-corrected chi connectivity index (χ1v) is 10.8. The van der Waals surface area contributed by atoms with E-state index >= 15 is 0 Å². The van der Waals surface area contributed by atoms with Crippen LogP contribution in [0.25, 0.3) is 11.5 Å². The first-order valence-electron chi connectivity index (χ1n) is 9.68. The molecule has 1 heterocycles. The second kappa shape index (κ2) is 10.3. The third kappa shape index (κ3) is 6.26. The molecule has 152 valence electrons. The minimum absolute atomic E-state index is 0.0128. The maximum absolute atomic E-state index is 12.9. The highest BCUT2D eigenvalue weighted by atomic mass is 79.9. The summed E-state index contributed by atoms with van der Waals surface area (Å²) in [6.45, 7) is 2.45. The monoisotopic (exact) mass is 458 g/mol. The third-order valence-electron chi connectivity index (χ3n) is 4.71. The van der Waals surface area contributed by atoms with Gasteiger partial charge in [-0.3, -0.25) is 4.79 Å². The molecule has 0 spiro atoms. The van der Waals surface area contributed by atoms with Gasteiger partial charge in [0.05, 0.1) is 5.69 Å². The second-order valence-corrected chi connectivity index (χ2v) is 7.49. The smallest absolute Gasteiger partial charge is 0.226 e. The van der Waals surface area contributed by atoms with Gasteiger partial charge in [-0.2, -0.15) is 0 Å². The first kappa shape index (κ1) is 21.2. The van der Waals surface area contributed by atoms with Crippen molar-refractivity contribution in [2.75, 3.05) is 6.54 Å². The topological polar surface area (TPSA) is 55.1 Å². The summed E-state index contributed by atoms with van der Waals surface area (Å²) in [5.41, 5.74) is 4.04. The highest BCUT2D eigenvalue weighted by Crippen LogP contribution is 2.23. The molecule has 0 atom stereocenters. The van der Waals surface area contributed by atoms with Crippen LogP contribution in [-0.4, -0.2) is 17.4 Å². The fourth-order valence-corrected chi connectivity index (χ4v) is 3.40. The fraction of sp³-hybridized carbons (Fsp3) is 0.304. The van der Waals surface area contributed by atoms with Crippen LogP contribution in [0, 0.1) is 12.7 Å². The zero-order valence-electron chi connectivity index (χ0n) is 16.4. The zero-order chi connectivity index (χ0) is 20.6. The van der Waals surface area contributed by atoms with Gasteiger partial charge in [0.2, 0.25) is 11.8 Å². The van der Waals surface area contributed by atoms with Crippen molar-refractivity contribution in [3.05, 3.63) is 76.9 Å². The number of halogens is 2. The van der Waals surface area contributed by atoms with E-state index in [2.05, 4.69) is 26.2 Å². The van der Waals surface area contributed by atoms with E-state index in [1.807, 2.05) is 31.2 Å². The summed E-state index contributed by atoms with van der Waals surface area (Å²) in [7, 11) is 0. The number of hydrogen-bond donors (Lipinski definition) is 1. The molecule has 3 aromatic rings. The van der Waals surface area contributed by atoms with E-state index < -0.39 is 0 Å². The molecule has 0 saturated heterocycles. The van der Waals surface area contributed by atoms with Gasteiger partial charge in [-0.25, -0.2) is 9.37 Å². The molecule has 2 aromatic carbocycles. The molecule has 29 heavy (non-hydrogen) atoms. The lowest BCUT2D eigenvalue weighted by molar-refractivity contribution is -0.121. The summed E-state index contributed by atoms with van der Waals surface area (Å²) in [5, 5.41) is 3.72. The summed E-state index contributed by atoms with van der Waals surface area (Å²) in [4.78, 5) is 16.6. The van der Waals surface area contributed by atoms with Gasteiger partial charge in [-0.15, -0.1) is 0 Å². The van der Waals surface area contributed by atoms with Crippen LogP contribution in [0.3, 0.4) is 0 Å². The number of nitrogens with one attached hydrogen (secondary N) is 1. The maximum Gasteiger partial charge on any atom is 0.226 e. The van der Waals surface area contributed by atoms with Crippen molar-refractivity contribution in [1.82, 2.24) is 10.3 Å². The van der Waals surface area contributed by atoms with Gasteiger partial charge in [0.25, 0.3) is 0 Å². The molecule has 0 bridgehead atoms. The molecule has 0 radical (unpaired) electrons. The SMILES string of the molecule is Cc1oc(-c2ccc(CBr)cc2)nc1CCCC(=O)NCCc1ccc(F)cc1. The number of aryl methyl sites for hydroxylation is 2. The molecule has 0 aliphatic carbocycles. The van der Waals surface area contributed by atoms with E-state index in [0.29, 0.717) is 38.1 Å². The molecule has 6 heteroatoms. The Bertz CT molecular complexity index is 937. The van der Waals surface area contributed by atoms with E-state index in [-0.39, 0.29) is 11.7 Å². The lowest BCUT2D eigenvalue weighted by Gasteiger charge is -2.05. The van der Waals surface area contributed by atoms with Crippen LogP contribution in [0.15, 0.2) is 52.9 Å². The van der Waals surface area contributed by atoms with Crippen LogP contribution >= 0.6 is 15.9 Å². The Hall–Kier alpha value is -2.47. The number of aromatic nitrogens is 1. The Balaban J connectivity index is 1.43. The molecule has 0 aliphatic rings. The summed E-state index contributed by atoms with van der Waals surface area (Å²) in [6.07, 6.45) is 2.52. The molecule has 0 unspecified atom stereocenters. The maximum atomic E-state index is 12.9. The van der Waals surface area contributed by atoms with Gasteiger partial charge in [0.15, 0.2) is 0 Å². The van der Waals surface area contributed by atoms with E-state index in [0.717, 1.165) is 27.9 Å². The van der Waals surface area contributed by atoms with E-state index in [4.69, 9.17) is 4.42 Å². The number of oxazole rings is 1. The number of carbonyl (C=O) groups excluding carboxylic acids is 1. The molecule has 4 nitrogen and oxygen atoms in total. The molecule has 1 N–H and O–H groups in total. The number of benzene rings is 2. The van der Waals surface area contributed by atoms with Crippen molar-refractivity contribution in [1.29, 1.82) is 0 Å². The average Bonchev–Trinajstić information content (AvgIpc) is 3.10. The predicted molar refractivity (Wildman–Crippen MR) is 115 cm³/mol. The minimum atomic E-state index is -0.250. The van der Waals surface area contributed by atoms with Gasteiger partial charge >= 0.3 is 0 Å². The average molecular weight is 459 g/mol. The summed E-state index contributed by atoms with van der Waals surface area (Å²) in [6, 6.07) is 14.4. The predicted octanol–water partition coefficient (Wildman–Crippen LogP) is 5.37. The Labute approximate surface area is 178 Å². The fourth-order valence-electron chi connectivity index (χ4n) is 3.02. The van der Waals surface area contributed by atoms with Crippen molar-refractivity contribution in [3.8, 4) is 11.5 Å². The van der Waals surface area contributed by atoms with Gasteiger partial charge in [-0.1, -0.05) is 40.2 Å².